The average molecular weight is 399 g/mol. The third-order valence-electron chi connectivity index (χ3n) is 5.47. The van der Waals surface area contributed by atoms with Crippen molar-refractivity contribution in [3.8, 4) is 0 Å². The molecule has 0 aromatic carbocycles. The number of hydrogen-bond donors (Lipinski definition) is 3. The van der Waals surface area contributed by atoms with Crippen molar-refractivity contribution in [1.29, 1.82) is 0 Å². The summed E-state index contributed by atoms with van der Waals surface area (Å²) < 4.78 is 0. The van der Waals surface area contributed by atoms with Crippen LogP contribution in [0.3, 0.4) is 0 Å². The van der Waals surface area contributed by atoms with Crippen LogP contribution in [0, 0.1) is 17.3 Å². The Hall–Kier alpha value is -1.10. The smallest absolute Gasteiger partial charge is 0.327 e. The van der Waals surface area contributed by atoms with Gasteiger partial charge in [-0.15, -0.1) is 11.6 Å². The van der Waals surface area contributed by atoms with Gasteiger partial charge in [-0.25, -0.2) is 4.79 Å². The predicted octanol–water partition coefficient (Wildman–Crippen LogP) is 4.70. The van der Waals surface area contributed by atoms with Crippen LogP contribution in [0.1, 0.15) is 59.3 Å². The molecule has 0 radical (unpaired) electrons. The number of allylic oxidation sites excluding steroid dienone is 3. The fourth-order valence-electron chi connectivity index (χ4n) is 3.54. The Kier molecular flexibility index (Phi) is 10.4. The highest BCUT2D eigenvalue weighted by Gasteiger charge is 2.39. The number of unbranched alkanes of at least 4 members (excludes halogenated alkanes) is 1. The molecule has 1 saturated carbocycles. The molecule has 1 fully saturated rings. The normalized spacial score (nSPS) is 27.9. The maximum absolute atomic E-state index is 10.5. The Morgan fingerprint density at radius 3 is 2.63 bits per heavy atom. The molecular formula is C22H35ClO4. The first-order valence-electron chi connectivity index (χ1n) is 9.92. The molecule has 4 nitrogen and oxygen atoms in total. The lowest BCUT2D eigenvalue weighted by Crippen LogP contribution is -2.28. The van der Waals surface area contributed by atoms with E-state index in [-0.39, 0.29) is 22.6 Å². The molecule has 0 unspecified atom stereocenters. The van der Waals surface area contributed by atoms with Crippen LogP contribution in [0.5, 0.6) is 0 Å². The molecule has 0 saturated heterocycles. The highest BCUT2D eigenvalue weighted by molar-refractivity contribution is 6.21. The van der Waals surface area contributed by atoms with Crippen LogP contribution in [-0.2, 0) is 4.79 Å². The molecule has 154 valence electrons. The summed E-state index contributed by atoms with van der Waals surface area (Å²) in [5.41, 5.74) is -0.192. The molecule has 1 aliphatic carbocycles. The standard InChI is InChI=1S/C22H35ClO4/c1-4-5-14-22(2,3)20(25)13-12-17-16(18(23)15-19(17)24)10-8-6-7-9-11-21(26)27/h6,8-9,11-13,16-20,24-25H,4-5,7,10,14-15H2,1-3H3,(H,26,27)/b8-6-,11-9+,13-12+/t16-,17-,18-,19-,20-/m1/s1. The maximum Gasteiger partial charge on any atom is 0.327 e. The van der Waals surface area contributed by atoms with Crippen LogP contribution in [0.4, 0.5) is 0 Å². The fraction of sp³-hybridized carbons (Fsp3) is 0.682. The van der Waals surface area contributed by atoms with Crippen molar-refractivity contribution >= 4 is 17.6 Å². The molecule has 0 bridgehead atoms. The van der Waals surface area contributed by atoms with Crippen LogP contribution in [0.25, 0.3) is 0 Å². The van der Waals surface area contributed by atoms with E-state index in [1.165, 1.54) is 0 Å². The van der Waals surface area contributed by atoms with Gasteiger partial charge in [-0.2, -0.15) is 0 Å². The van der Waals surface area contributed by atoms with Crippen molar-refractivity contribution in [2.24, 2.45) is 17.3 Å². The van der Waals surface area contributed by atoms with Crippen molar-refractivity contribution < 1.29 is 20.1 Å². The second kappa shape index (κ2) is 11.7. The van der Waals surface area contributed by atoms with E-state index in [0.29, 0.717) is 12.8 Å². The second-order valence-corrected chi connectivity index (χ2v) is 8.73. The van der Waals surface area contributed by atoms with Crippen molar-refractivity contribution in [1.82, 2.24) is 0 Å². The zero-order chi connectivity index (χ0) is 20.4. The van der Waals surface area contributed by atoms with Gasteiger partial charge in [0.05, 0.1) is 12.2 Å². The Balaban J connectivity index is 2.67. The van der Waals surface area contributed by atoms with Gasteiger partial charge in [0.25, 0.3) is 0 Å². The first-order valence-corrected chi connectivity index (χ1v) is 10.4. The van der Waals surface area contributed by atoms with Gasteiger partial charge in [-0.3, -0.25) is 0 Å². The Labute approximate surface area is 168 Å². The molecule has 27 heavy (non-hydrogen) atoms. The molecule has 5 heteroatoms. The summed E-state index contributed by atoms with van der Waals surface area (Å²) in [4.78, 5) is 10.4. The lowest BCUT2D eigenvalue weighted by Gasteiger charge is -2.29. The molecule has 1 rings (SSSR count). The SMILES string of the molecule is CCCCC(C)(C)[C@H](O)/C=C/[C@@H]1[C@@H](C/C=C\C/C=C/C(=O)O)[C@H](Cl)C[C@H]1O. The molecule has 0 aromatic heterocycles. The largest absolute Gasteiger partial charge is 0.478 e. The molecule has 5 atom stereocenters. The van der Waals surface area contributed by atoms with Crippen molar-refractivity contribution in [3.63, 3.8) is 0 Å². The Bertz CT molecular complexity index is 538. The van der Waals surface area contributed by atoms with Gasteiger partial charge < -0.3 is 15.3 Å². The lowest BCUT2D eigenvalue weighted by atomic mass is 9.80. The Morgan fingerprint density at radius 1 is 1.30 bits per heavy atom. The number of aliphatic carboxylic acids is 1. The van der Waals surface area contributed by atoms with E-state index in [9.17, 15) is 15.0 Å². The van der Waals surface area contributed by atoms with Crippen LogP contribution < -0.4 is 0 Å². The minimum absolute atomic E-state index is 0.0802. The summed E-state index contributed by atoms with van der Waals surface area (Å²) in [5.74, 6) is -0.930. The van der Waals surface area contributed by atoms with Gasteiger partial charge in [0.2, 0.25) is 0 Å². The van der Waals surface area contributed by atoms with E-state index in [1.54, 1.807) is 6.08 Å². The minimum atomic E-state index is -0.950. The third kappa shape index (κ3) is 8.20. The molecule has 0 amide bonds. The first-order chi connectivity index (χ1) is 12.7. The number of aliphatic hydroxyl groups is 2. The number of halogens is 1. The van der Waals surface area contributed by atoms with Crippen LogP contribution >= 0.6 is 11.6 Å². The van der Waals surface area contributed by atoms with Crippen LogP contribution in [0.2, 0.25) is 0 Å². The number of rotatable bonds is 11. The number of alkyl halides is 1. The van der Waals surface area contributed by atoms with Crippen molar-refractivity contribution in [2.45, 2.75) is 76.9 Å². The van der Waals surface area contributed by atoms with Gasteiger partial charge in [0.15, 0.2) is 0 Å². The zero-order valence-electron chi connectivity index (χ0n) is 16.7. The number of carbonyl (C=O) groups is 1. The van der Waals surface area contributed by atoms with Crippen molar-refractivity contribution in [3.05, 3.63) is 36.5 Å². The summed E-state index contributed by atoms with van der Waals surface area (Å²) in [6, 6.07) is 0. The minimum Gasteiger partial charge on any atom is -0.478 e. The van der Waals surface area contributed by atoms with Crippen LogP contribution in [-0.4, -0.2) is 38.9 Å². The highest BCUT2D eigenvalue weighted by Crippen LogP contribution is 2.40. The molecule has 3 N–H and O–H groups in total. The summed E-state index contributed by atoms with van der Waals surface area (Å²) in [7, 11) is 0. The monoisotopic (exact) mass is 398 g/mol. The number of carboxylic acids is 1. The van der Waals surface area contributed by atoms with E-state index in [4.69, 9.17) is 16.7 Å². The van der Waals surface area contributed by atoms with E-state index < -0.39 is 18.2 Å². The molecule has 0 spiro atoms. The second-order valence-electron chi connectivity index (χ2n) is 8.17. The van der Waals surface area contributed by atoms with E-state index in [0.717, 1.165) is 31.8 Å². The highest BCUT2D eigenvalue weighted by atomic mass is 35.5. The summed E-state index contributed by atoms with van der Waals surface area (Å²) in [5, 5.41) is 29.4. The predicted molar refractivity (Wildman–Crippen MR) is 111 cm³/mol. The maximum atomic E-state index is 10.5. The lowest BCUT2D eigenvalue weighted by molar-refractivity contribution is -0.131. The van der Waals surface area contributed by atoms with Crippen LogP contribution in [0.15, 0.2) is 36.5 Å². The molecule has 1 aliphatic rings. The Morgan fingerprint density at radius 2 is 2.00 bits per heavy atom. The number of aliphatic hydroxyl groups excluding tert-OH is 2. The fourth-order valence-corrected chi connectivity index (χ4v) is 3.99. The van der Waals surface area contributed by atoms with Gasteiger partial charge >= 0.3 is 5.97 Å². The summed E-state index contributed by atoms with van der Waals surface area (Å²) in [6.07, 6.45) is 14.3. The summed E-state index contributed by atoms with van der Waals surface area (Å²) in [6.45, 7) is 6.28. The molecule has 0 heterocycles. The van der Waals surface area contributed by atoms with Gasteiger partial charge in [0.1, 0.15) is 0 Å². The quantitative estimate of drug-likeness (QED) is 0.268. The zero-order valence-corrected chi connectivity index (χ0v) is 17.5. The van der Waals surface area contributed by atoms with Gasteiger partial charge in [0, 0.05) is 17.4 Å². The molecular weight excluding hydrogens is 364 g/mol. The first kappa shape index (κ1) is 23.9. The van der Waals surface area contributed by atoms with E-state index in [1.807, 2.05) is 24.3 Å². The molecule has 0 aromatic rings. The average Bonchev–Trinajstić information content (AvgIpc) is 2.86. The van der Waals surface area contributed by atoms with E-state index in [2.05, 4.69) is 20.8 Å². The van der Waals surface area contributed by atoms with Gasteiger partial charge in [-0.1, -0.05) is 64.0 Å². The molecule has 0 aliphatic heterocycles. The topological polar surface area (TPSA) is 77.8 Å². The van der Waals surface area contributed by atoms with Gasteiger partial charge in [-0.05, 0) is 37.0 Å². The summed E-state index contributed by atoms with van der Waals surface area (Å²) >= 11 is 6.44. The third-order valence-corrected chi connectivity index (χ3v) is 5.97. The number of hydrogen-bond acceptors (Lipinski definition) is 3. The number of carboxylic acid groups (broad SMARTS) is 1. The van der Waals surface area contributed by atoms with Crippen molar-refractivity contribution in [2.75, 3.05) is 0 Å². The van der Waals surface area contributed by atoms with E-state index >= 15 is 0 Å².